The first kappa shape index (κ1) is 23.7. The SMILES string of the molecule is CCN(c1ccccc1)S(=O)(=O)c1ccc(C(=O)Nc2cc(C)nn2-c2nc3ccccc3s2)cc1. The highest BCUT2D eigenvalue weighted by atomic mass is 32.2. The van der Waals surface area contributed by atoms with Crippen molar-refractivity contribution in [2.24, 2.45) is 0 Å². The van der Waals surface area contributed by atoms with E-state index in [2.05, 4.69) is 15.4 Å². The average Bonchev–Trinajstić information content (AvgIpc) is 3.48. The number of anilines is 2. The summed E-state index contributed by atoms with van der Waals surface area (Å²) in [5.74, 6) is 0.103. The number of sulfonamides is 1. The highest BCUT2D eigenvalue weighted by molar-refractivity contribution is 7.92. The molecule has 5 rings (SSSR count). The number of fused-ring (bicyclic) bond motifs is 1. The smallest absolute Gasteiger partial charge is 0.264 e. The first-order valence-electron chi connectivity index (χ1n) is 11.3. The predicted octanol–water partition coefficient (Wildman–Crippen LogP) is 5.26. The Morgan fingerprint density at radius 1 is 1.00 bits per heavy atom. The number of amides is 1. The van der Waals surface area contributed by atoms with Crippen LogP contribution in [0.15, 0.2) is 89.8 Å². The van der Waals surface area contributed by atoms with Gasteiger partial charge in [-0.1, -0.05) is 41.7 Å². The van der Waals surface area contributed by atoms with E-state index in [1.165, 1.54) is 39.9 Å². The number of hydrogen-bond acceptors (Lipinski definition) is 6. The minimum Gasteiger partial charge on any atom is -0.306 e. The molecule has 0 saturated heterocycles. The highest BCUT2D eigenvalue weighted by Gasteiger charge is 2.24. The summed E-state index contributed by atoms with van der Waals surface area (Å²) in [5.41, 5.74) is 2.50. The van der Waals surface area contributed by atoms with Crippen LogP contribution in [0.25, 0.3) is 15.3 Å². The number of aryl methyl sites for hydroxylation is 1. The van der Waals surface area contributed by atoms with Gasteiger partial charge in [0, 0.05) is 18.2 Å². The van der Waals surface area contributed by atoms with Crippen LogP contribution in [0.2, 0.25) is 0 Å². The summed E-state index contributed by atoms with van der Waals surface area (Å²) in [7, 11) is -3.78. The van der Waals surface area contributed by atoms with Crippen molar-refractivity contribution >= 4 is 49.0 Å². The van der Waals surface area contributed by atoms with E-state index in [-0.39, 0.29) is 17.3 Å². The molecule has 2 aromatic heterocycles. The van der Waals surface area contributed by atoms with Crippen molar-refractivity contribution in [1.82, 2.24) is 14.8 Å². The van der Waals surface area contributed by atoms with Crippen LogP contribution in [0.5, 0.6) is 0 Å². The topological polar surface area (TPSA) is 97.2 Å². The van der Waals surface area contributed by atoms with E-state index < -0.39 is 10.0 Å². The summed E-state index contributed by atoms with van der Waals surface area (Å²) >= 11 is 1.48. The number of rotatable bonds is 7. The molecule has 0 spiro atoms. The fourth-order valence-electron chi connectivity index (χ4n) is 3.86. The summed E-state index contributed by atoms with van der Waals surface area (Å²) in [6.07, 6.45) is 0. The maximum Gasteiger partial charge on any atom is 0.264 e. The van der Waals surface area contributed by atoms with Crippen LogP contribution in [0, 0.1) is 6.92 Å². The van der Waals surface area contributed by atoms with Gasteiger partial charge >= 0.3 is 0 Å². The molecule has 8 nitrogen and oxygen atoms in total. The molecule has 0 saturated carbocycles. The second-order valence-electron chi connectivity index (χ2n) is 8.03. The van der Waals surface area contributed by atoms with Crippen molar-refractivity contribution < 1.29 is 13.2 Å². The zero-order valence-corrected chi connectivity index (χ0v) is 21.3. The first-order chi connectivity index (χ1) is 17.4. The monoisotopic (exact) mass is 517 g/mol. The van der Waals surface area contributed by atoms with Gasteiger partial charge in [0.2, 0.25) is 5.13 Å². The number of nitrogens with one attached hydrogen (secondary N) is 1. The summed E-state index contributed by atoms with van der Waals surface area (Å²) in [6.45, 7) is 3.90. The van der Waals surface area contributed by atoms with Crippen molar-refractivity contribution in [1.29, 1.82) is 0 Å². The van der Waals surface area contributed by atoms with Crippen molar-refractivity contribution in [2.75, 3.05) is 16.2 Å². The van der Waals surface area contributed by atoms with E-state index in [0.717, 1.165) is 15.9 Å². The fourth-order valence-corrected chi connectivity index (χ4v) is 6.27. The lowest BCUT2D eigenvalue weighted by Gasteiger charge is -2.23. The van der Waals surface area contributed by atoms with Crippen molar-refractivity contribution in [2.45, 2.75) is 18.7 Å². The largest absolute Gasteiger partial charge is 0.306 e. The van der Waals surface area contributed by atoms with Crippen LogP contribution in [0.3, 0.4) is 0 Å². The number of benzene rings is 3. The van der Waals surface area contributed by atoms with Crippen LogP contribution in [0.1, 0.15) is 23.0 Å². The molecule has 0 unspecified atom stereocenters. The molecule has 0 atom stereocenters. The minimum absolute atomic E-state index is 0.111. The quantitative estimate of drug-likeness (QED) is 0.318. The Morgan fingerprint density at radius 3 is 2.39 bits per heavy atom. The van der Waals surface area contributed by atoms with E-state index in [1.807, 2.05) is 37.3 Å². The summed E-state index contributed by atoms with van der Waals surface area (Å²) in [4.78, 5) is 17.8. The van der Waals surface area contributed by atoms with E-state index in [0.29, 0.717) is 22.2 Å². The summed E-state index contributed by atoms with van der Waals surface area (Å²) in [5, 5.41) is 8.01. The molecule has 36 heavy (non-hydrogen) atoms. The van der Waals surface area contributed by atoms with Crippen LogP contribution in [-0.4, -0.2) is 35.6 Å². The fraction of sp³-hybridized carbons (Fsp3) is 0.115. The Morgan fingerprint density at radius 2 is 1.69 bits per heavy atom. The number of carbonyl (C=O) groups excluding carboxylic acids is 1. The lowest BCUT2D eigenvalue weighted by Crippen LogP contribution is -2.30. The molecule has 5 aromatic rings. The lowest BCUT2D eigenvalue weighted by molar-refractivity contribution is 0.102. The van der Waals surface area contributed by atoms with Gasteiger partial charge in [0.1, 0.15) is 5.82 Å². The van der Waals surface area contributed by atoms with Crippen LogP contribution >= 0.6 is 11.3 Å². The highest BCUT2D eigenvalue weighted by Crippen LogP contribution is 2.28. The molecular weight excluding hydrogens is 494 g/mol. The molecule has 0 aliphatic carbocycles. The van der Waals surface area contributed by atoms with E-state index >= 15 is 0 Å². The molecule has 0 radical (unpaired) electrons. The van der Waals surface area contributed by atoms with Gasteiger partial charge < -0.3 is 5.32 Å². The first-order valence-corrected chi connectivity index (χ1v) is 13.5. The number of aromatic nitrogens is 3. The van der Waals surface area contributed by atoms with Gasteiger partial charge in [-0.15, -0.1) is 0 Å². The molecule has 0 fully saturated rings. The molecule has 0 aliphatic heterocycles. The molecule has 10 heteroatoms. The third kappa shape index (κ3) is 4.48. The van der Waals surface area contributed by atoms with E-state index in [4.69, 9.17) is 0 Å². The van der Waals surface area contributed by atoms with Gasteiger partial charge in [-0.2, -0.15) is 9.78 Å². The molecule has 1 amide bonds. The number of hydrogen-bond donors (Lipinski definition) is 1. The number of thiazole rings is 1. The second kappa shape index (κ2) is 9.56. The van der Waals surface area contributed by atoms with E-state index in [1.54, 1.807) is 41.9 Å². The average molecular weight is 518 g/mol. The van der Waals surface area contributed by atoms with Gasteiger partial charge in [-0.3, -0.25) is 9.10 Å². The van der Waals surface area contributed by atoms with Crippen molar-refractivity contribution in [3.05, 3.63) is 96.2 Å². The van der Waals surface area contributed by atoms with Crippen LogP contribution in [-0.2, 0) is 10.0 Å². The van der Waals surface area contributed by atoms with Gasteiger partial charge in [0.05, 0.1) is 26.5 Å². The molecule has 182 valence electrons. The third-order valence-corrected chi connectivity index (χ3v) is 8.50. The minimum atomic E-state index is -3.78. The predicted molar refractivity (Wildman–Crippen MR) is 143 cm³/mol. The third-order valence-electron chi connectivity index (χ3n) is 5.57. The summed E-state index contributed by atoms with van der Waals surface area (Å²) < 4.78 is 30.4. The lowest BCUT2D eigenvalue weighted by atomic mass is 10.2. The molecule has 0 aliphatic rings. The van der Waals surface area contributed by atoms with Gasteiger partial charge in [0.15, 0.2) is 0 Å². The van der Waals surface area contributed by atoms with Crippen molar-refractivity contribution in [3.8, 4) is 5.13 Å². The van der Waals surface area contributed by atoms with Crippen LogP contribution < -0.4 is 9.62 Å². The zero-order valence-electron chi connectivity index (χ0n) is 19.6. The zero-order chi connectivity index (χ0) is 25.3. The van der Waals surface area contributed by atoms with E-state index in [9.17, 15) is 13.2 Å². The molecule has 2 heterocycles. The Labute approximate surface area is 212 Å². The molecule has 1 N–H and O–H groups in total. The maximum absolute atomic E-state index is 13.2. The number of para-hydroxylation sites is 2. The second-order valence-corrected chi connectivity index (χ2v) is 10.9. The number of carbonyl (C=O) groups is 1. The summed E-state index contributed by atoms with van der Waals surface area (Å²) in [6, 6.07) is 24.4. The Hall–Kier alpha value is -4.02. The van der Waals surface area contributed by atoms with Gasteiger partial charge in [-0.25, -0.2) is 13.4 Å². The van der Waals surface area contributed by atoms with Gasteiger partial charge in [-0.05, 0) is 62.4 Å². The van der Waals surface area contributed by atoms with Gasteiger partial charge in [0.25, 0.3) is 15.9 Å². The molecule has 3 aromatic carbocycles. The van der Waals surface area contributed by atoms with Crippen LogP contribution in [0.4, 0.5) is 11.5 Å². The normalized spacial score (nSPS) is 11.5. The molecule has 0 bridgehead atoms. The molecular formula is C26H23N5O3S2. The Balaban J connectivity index is 1.39. The Bertz CT molecular complexity index is 1610. The number of nitrogens with zero attached hydrogens (tertiary/aromatic N) is 4. The van der Waals surface area contributed by atoms with Crippen molar-refractivity contribution in [3.63, 3.8) is 0 Å². The Kier molecular flexibility index (Phi) is 6.29. The maximum atomic E-state index is 13.2. The standard InChI is InChI=1S/C26H23N5O3S2/c1-3-30(20-9-5-4-6-10-20)36(33,34)21-15-13-19(14-16-21)25(32)28-24-17-18(2)29-31(24)26-27-22-11-7-8-12-23(22)35-26/h4-17H,3H2,1-2H3,(H,28,32).